The average Bonchev–Trinajstić information content (AvgIpc) is 2.54. The van der Waals surface area contributed by atoms with Crippen molar-refractivity contribution < 1.29 is 27.9 Å². The van der Waals surface area contributed by atoms with Crippen molar-refractivity contribution in [2.45, 2.75) is 10.9 Å². The minimum Gasteiger partial charge on any atom is -0.478 e. The molecule has 0 radical (unpaired) electrons. The van der Waals surface area contributed by atoms with Crippen LogP contribution in [0.3, 0.4) is 0 Å². The van der Waals surface area contributed by atoms with Crippen LogP contribution in [0.25, 0.3) is 0 Å². The van der Waals surface area contributed by atoms with Crippen LogP contribution < -0.4 is 11.1 Å². The van der Waals surface area contributed by atoms with E-state index in [9.17, 15) is 23.1 Å². The highest BCUT2D eigenvalue weighted by molar-refractivity contribution is 7.89. The summed E-state index contributed by atoms with van der Waals surface area (Å²) in [6.07, 6.45) is 2.40. The maximum absolute atomic E-state index is 13.0. The fourth-order valence-electron chi connectivity index (χ4n) is 2.12. The molecule has 1 aliphatic heterocycles. The number of aliphatic imine (C=N–C) groups is 1. The van der Waals surface area contributed by atoms with Gasteiger partial charge in [-0.25, -0.2) is 23.0 Å². The number of carboxylic acids is 1. The molecule has 0 saturated carbocycles. The number of carbonyl (C=O) groups is 2. The van der Waals surface area contributed by atoms with Crippen LogP contribution in [0.5, 0.6) is 0 Å². The maximum Gasteiger partial charge on any atom is 0.343 e. The summed E-state index contributed by atoms with van der Waals surface area (Å²) in [5.74, 6) is -3.81. The zero-order valence-corrected chi connectivity index (χ0v) is 14.3. The summed E-state index contributed by atoms with van der Waals surface area (Å²) >= 11 is 5.82. The number of aromatic carboxylic acids is 1. The van der Waals surface area contributed by atoms with Gasteiger partial charge in [-0.15, -0.1) is 4.31 Å². The first-order valence-electron chi connectivity index (χ1n) is 6.57. The van der Waals surface area contributed by atoms with Crippen LogP contribution >= 0.6 is 11.6 Å². The molecule has 1 heterocycles. The average molecular weight is 389 g/mol. The molecule has 0 bridgehead atoms. The predicted molar refractivity (Wildman–Crippen MR) is 87.3 cm³/mol. The van der Waals surface area contributed by atoms with Gasteiger partial charge in [-0.2, -0.15) is 0 Å². The third kappa shape index (κ3) is 3.29. The number of nitrogens with two attached hydrogens (primary N) is 1. The number of rotatable bonds is 5. The van der Waals surface area contributed by atoms with Crippen molar-refractivity contribution in [3.63, 3.8) is 0 Å². The first kappa shape index (κ1) is 18.7. The Hall–Kier alpha value is -2.63. The largest absolute Gasteiger partial charge is 0.478 e. The SMILES string of the molecule is COC1(N(C(N)=O)S(=O)(=O)c2ccccc2C(=O)O)N=CC=C(Cl)N1. The normalized spacial score (nSPS) is 19.7. The van der Waals surface area contributed by atoms with Gasteiger partial charge in [-0.1, -0.05) is 23.7 Å². The number of carboxylic acid groups (broad SMARTS) is 1. The second kappa shape index (κ2) is 6.70. The Morgan fingerprint density at radius 3 is 2.56 bits per heavy atom. The molecule has 0 saturated heterocycles. The number of benzene rings is 1. The summed E-state index contributed by atoms with van der Waals surface area (Å²) in [4.78, 5) is 26.4. The summed E-state index contributed by atoms with van der Waals surface area (Å²) in [5, 5.41) is 11.5. The molecule has 0 spiro atoms. The van der Waals surface area contributed by atoms with Gasteiger partial charge in [0.1, 0.15) is 10.1 Å². The zero-order valence-electron chi connectivity index (χ0n) is 12.7. The van der Waals surface area contributed by atoms with Gasteiger partial charge in [0.2, 0.25) is 0 Å². The molecule has 2 rings (SSSR count). The number of hydrogen-bond donors (Lipinski definition) is 3. The Balaban J connectivity index is 2.69. The van der Waals surface area contributed by atoms with Crippen LogP contribution in [0.1, 0.15) is 10.4 Å². The smallest absolute Gasteiger partial charge is 0.343 e. The van der Waals surface area contributed by atoms with Crippen molar-refractivity contribution in [3.8, 4) is 0 Å². The number of hydrogen-bond acceptors (Lipinski definition) is 7. The van der Waals surface area contributed by atoms with Gasteiger partial charge in [-0.3, -0.25) is 0 Å². The Bertz CT molecular complexity index is 884. The summed E-state index contributed by atoms with van der Waals surface area (Å²) in [7, 11) is -3.71. The molecule has 2 amide bonds. The van der Waals surface area contributed by atoms with Crippen LogP contribution in [0, 0.1) is 0 Å². The van der Waals surface area contributed by atoms with E-state index in [1.165, 1.54) is 18.2 Å². The Morgan fingerprint density at radius 2 is 2.04 bits per heavy atom. The van der Waals surface area contributed by atoms with Crippen molar-refractivity contribution in [2.75, 3.05) is 7.11 Å². The molecule has 1 atom stereocenters. The van der Waals surface area contributed by atoms with E-state index in [1.807, 2.05) is 0 Å². The third-order valence-electron chi connectivity index (χ3n) is 3.15. The van der Waals surface area contributed by atoms with Crippen molar-refractivity contribution in [1.29, 1.82) is 0 Å². The molecule has 1 aromatic carbocycles. The van der Waals surface area contributed by atoms with Crippen molar-refractivity contribution in [2.24, 2.45) is 10.7 Å². The van der Waals surface area contributed by atoms with Gasteiger partial charge in [0.15, 0.2) is 0 Å². The van der Waals surface area contributed by atoms with E-state index in [4.69, 9.17) is 22.1 Å². The Kier molecular flexibility index (Phi) is 5.02. The van der Waals surface area contributed by atoms with Gasteiger partial charge >= 0.3 is 18.0 Å². The number of methoxy groups -OCH3 is 1. The minimum absolute atomic E-state index is 0.0770. The number of halogens is 1. The van der Waals surface area contributed by atoms with E-state index < -0.39 is 38.5 Å². The molecule has 1 unspecified atom stereocenters. The highest BCUT2D eigenvalue weighted by Crippen LogP contribution is 2.29. The van der Waals surface area contributed by atoms with Gasteiger partial charge in [0.25, 0.3) is 10.0 Å². The fourth-order valence-corrected chi connectivity index (χ4v) is 3.91. The van der Waals surface area contributed by atoms with Gasteiger partial charge in [0, 0.05) is 13.3 Å². The van der Waals surface area contributed by atoms with Gasteiger partial charge in [-0.05, 0) is 18.2 Å². The van der Waals surface area contributed by atoms with Crippen LogP contribution in [-0.4, -0.2) is 49.1 Å². The van der Waals surface area contributed by atoms with Gasteiger partial charge in [0.05, 0.1) is 5.56 Å². The lowest BCUT2D eigenvalue weighted by molar-refractivity contribution is -0.0874. The first-order valence-corrected chi connectivity index (χ1v) is 8.39. The summed E-state index contributed by atoms with van der Waals surface area (Å²) in [5.41, 5.74) is 4.67. The van der Waals surface area contributed by atoms with Crippen molar-refractivity contribution >= 4 is 39.8 Å². The number of carbonyl (C=O) groups excluding carboxylic acids is 1. The quantitative estimate of drug-likeness (QED) is 0.489. The zero-order chi connectivity index (χ0) is 18.8. The van der Waals surface area contributed by atoms with E-state index in [-0.39, 0.29) is 9.46 Å². The first-order chi connectivity index (χ1) is 11.7. The maximum atomic E-state index is 13.0. The number of nitrogens with one attached hydrogen (secondary N) is 1. The lowest BCUT2D eigenvalue weighted by Crippen LogP contribution is -2.64. The molecule has 0 aromatic heterocycles. The lowest BCUT2D eigenvalue weighted by Gasteiger charge is -2.38. The number of ether oxygens (including phenoxy) is 1. The molecule has 25 heavy (non-hydrogen) atoms. The Morgan fingerprint density at radius 1 is 1.40 bits per heavy atom. The van der Waals surface area contributed by atoms with Crippen LogP contribution in [-0.2, 0) is 14.8 Å². The van der Waals surface area contributed by atoms with Gasteiger partial charge < -0.3 is 20.9 Å². The number of nitrogens with zero attached hydrogens (tertiary/aromatic N) is 2. The highest BCUT2D eigenvalue weighted by Gasteiger charge is 2.49. The minimum atomic E-state index is -4.78. The second-order valence-electron chi connectivity index (χ2n) is 4.64. The highest BCUT2D eigenvalue weighted by atomic mass is 35.5. The van der Waals surface area contributed by atoms with Crippen molar-refractivity contribution in [1.82, 2.24) is 9.62 Å². The molecule has 12 heteroatoms. The van der Waals surface area contributed by atoms with E-state index in [1.54, 1.807) is 0 Å². The van der Waals surface area contributed by atoms with Crippen LogP contribution in [0.2, 0.25) is 0 Å². The molecule has 0 aliphatic carbocycles. The monoisotopic (exact) mass is 388 g/mol. The standard InChI is InChI=1S/C13H13ClN4O6S/c1-24-13(16-7-6-10(14)17-13)18(12(15)21)25(22,23)9-5-3-2-4-8(9)11(19)20/h2-7,17H,1H3,(H2,15,21)(H,19,20). The van der Waals surface area contributed by atoms with E-state index >= 15 is 0 Å². The summed E-state index contributed by atoms with van der Waals surface area (Å²) < 4.78 is 31.1. The number of allylic oxidation sites excluding steroid dienone is 1. The molecule has 1 aliphatic rings. The number of sulfonamides is 1. The fraction of sp³-hybridized carbons (Fsp3) is 0.154. The van der Waals surface area contributed by atoms with Crippen molar-refractivity contribution in [3.05, 3.63) is 41.1 Å². The van der Waals surface area contributed by atoms with Crippen LogP contribution in [0.15, 0.2) is 45.4 Å². The molecular weight excluding hydrogens is 376 g/mol. The lowest BCUT2D eigenvalue weighted by atomic mass is 10.2. The third-order valence-corrected chi connectivity index (χ3v) is 5.19. The molecule has 10 nitrogen and oxygen atoms in total. The van der Waals surface area contributed by atoms with E-state index in [0.717, 1.165) is 25.5 Å². The molecule has 0 fully saturated rings. The summed E-state index contributed by atoms with van der Waals surface area (Å²) in [6, 6.07) is 3.25. The van der Waals surface area contributed by atoms with Crippen LogP contribution in [0.4, 0.5) is 4.79 Å². The molecule has 4 N–H and O–H groups in total. The second-order valence-corrected chi connectivity index (χ2v) is 6.80. The molecular formula is C13H13ClN4O6S. The topological polar surface area (TPSA) is 151 Å². The number of primary amides is 1. The predicted octanol–water partition coefficient (Wildman–Crippen LogP) is 0.466. The molecule has 1 aromatic rings. The number of urea groups is 1. The molecule has 134 valence electrons. The summed E-state index contributed by atoms with van der Waals surface area (Å²) in [6.45, 7) is 0. The van der Waals surface area contributed by atoms with E-state index in [0.29, 0.717) is 0 Å². The number of amides is 2. The Labute approximate surface area is 147 Å². The van der Waals surface area contributed by atoms with E-state index in [2.05, 4.69) is 10.3 Å².